The van der Waals surface area contributed by atoms with Gasteiger partial charge in [-0.2, -0.15) is 0 Å². The molecule has 1 saturated heterocycles. The average Bonchev–Trinajstić information content (AvgIpc) is 2.93. The number of hydrogen-bond acceptors (Lipinski definition) is 4. The summed E-state index contributed by atoms with van der Waals surface area (Å²) in [5.41, 5.74) is 1.29. The zero-order chi connectivity index (χ0) is 13.1. The molecule has 1 aromatic rings. The van der Waals surface area contributed by atoms with Crippen molar-refractivity contribution in [2.75, 3.05) is 39.5 Å². The molecule has 2 aliphatic heterocycles. The first-order valence-electron chi connectivity index (χ1n) is 7.07. The van der Waals surface area contributed by atoms with Gasteiger partial charge >= 0.3 is 0 Å². The fraction of sp³-hybridized carbons (Fsp3) is 0.600. The lowest BCUT2D eigenvalue weighted by Crippen LogP contribution is -2.24. The summed E-state index contributed by atoms with van der Waals surface area (Å²) in [6.07, 6.45) is 2.15. The van der Waals surface area contributed by atoms with Crippen LogP contribution in [0.3, 0.4) is 0 Å². The van der Waals surface area contributed by atoms with Crippen molar-refractivity contribution in [3.8, 4) is 11.5 Å². The Morgan fingerprint density at radius 1 is 1.21 bits per heavy atom. The van der Waals surface area contributed by atoms with Crippen molar-refractivity contribution in [1.82, 2.24) is 4.90 Å². The third-order valence-electron chi connectivity index (χ3n) is 3.95. The van der Waals surface area contributed by atoms with Crippen LogP contribution in [0.15, 0.2) is 18.2 Å². The molecule has 4 heteroatoms. The lowest BCUT2D eigenvalue weighted by atomic mass is 10.1. The summed E-state index contributed by atoms with van der Waals surface area (Å²) in [6, 6.07) is 6.21. The van der Waals surface area contributed by atoms with E-state index in [1.165, 1.54) is 5.56 Å². The lowest BCUT2D eigenvalue weighted by molar-refractivity contribution is 0.171. The van der Waals surface area contributed by atoms with Crippen molar-refractivity contribution in [3.63, 3.8) is 0 Å². The minimum Gasteiger partial charge on any atom is -0.486 e. The highest BCUT2D eigenvalue weighted by Gasteiger charge is 2.21. The normalized spacial score (nSPS) is 22.7. The van der Waals surface area contributed by atoms with Crippen LogP contribution in [-0.2, 0) is 6.42 Å². The van der Waals surface area contributed by atoms with Gasteiger partial charge in [0.15, 0.2) is 11.5 Å². The number of aliphatic hydroxyl groups is 1. The Hall–Kier alpha value is -1.26. The quantitative estimate of drug-likeness (QED) is 0.889. The smallest absolute Gasteiger partial charge is 0.161 e. The van der Waals surface area contributed by atoms with Crippen molar-refractivity contribution in [3.05, 3.63) is 23.8 Å². The summed E-state index contributed by atoms with van der Waals surface area (Å²) in [6.45, 7) is 4.79. The molecule has 0 aromatic heterocycles. The summed E-state index contributed by atoms with van der Waals surface area (Å²) in [4.78, 5) is 2.43. The van der Waals surface area contributed by atoms with Crippen LogP contribution in [0.5, 0.6) is 11.5 Å². The van der Waals surface area contributed by atoms with Gasteiger partial charge < -0.3 is 19.5 Å². The van der Waals surface area contributed by atoms with Gasteiger partial charge in [0.1, 0.15) is 13.2 Å². The Bertz CT molecular complexity index is 435. The number of benzene rings is 1. The molecule has 2 aliphatic rings. The third-order valence-corrected chi connectivity index (χ3v) is 3.95. The molecule has 0 aliphatic carbocycles. The molecule has 1 aromatic carbocycles. The third kappa shape index (κ3) is 3.01. The maximum atomic E-state index is 9.14. The minimum absolute atomic E-state index is 0.320. The number of ether oxygens (including phenoxy) is 2. The predicted octanol–water partition coefficient (Wildman–Crippen LogP) is 1.31. The molecular weight excluding hydrogens is 242 g/mol. The molecule has 1 unspecified atom stereocenters. The number of fused-ring (bicyclic) bond motifs is 1. The molecule has 4 nitrogen and oxygen atoms in total. The Morgan fingerprint density at radius 2 is 2.05 bits per heavy atom. The van der Waals surface area contributed by atoms with E-state index >= 15 is 0 Å². The fourth-order valence-electron chi connectivity index (χ4n) is 2.80. The number of hydrogen-bond donors (Lipinski definition) is 1. The van der Waals surface area contributed by atoms with Gasteiger partial charge in [0.2, 0.25) is 0 Å². The van der Waals surface area contributed by atoms with Gasteiger partial charge in [-0.3, -0.25) is 0 Å². The molecular formula is C15H21NO3. The number of likely N-dealkylation sites (tertiary alicyclic amines) is 1. The van der Waals surface area contributed by atoms with Crippen molar-refractivity contribution in [2.45, 2.75) is 12.8 Å². The largest absolute Gasteiger partial charge is 0.486 e. The summed E-state index contributed by atoms with van der Waals surface area (Å²) >= 11 is 0. The van der Waals surface area contributed by atoms with Crippen molar-refractivity contribution < 1.29 is 14.6 Å². The van der Waals surface area contributed by atoms with Crippen LogP contribution in [0, 0.1) is 5.92 Å². The fourth-order valence-corrected chi connectivity index (χ4v) is 2.80. The lowest BCUT2D eigenvalue weighted by Gasteiger charge is -2.20. The number of aliphatic hydroxyl groups excluding tert-OH is 1. The second-order valence-corrected chi connectivity index (χ2v) is 5.37. The highest BCUT2D eigenvalue weighted by Crippen LogP contribution is 2.31. The van der Waals surface area contributed by atoms with Crippen LogP contribution in [0.2, 0.25) is 0 Å². The van der Waals surface area contributed by atoms with Gasteiger partial charge in [-0.05, 0) is 43.0 Å². The van der Waals surface area contributed by atoms with Crippen LogP contribution < -0.4 is 9.47 Å². The highest BCUT2D eigenvalue weighted by molar-refractivity contribution is 5.43. The summed E-state index contributed by atoms with van der Waals surface area (Å²) in [5.74, 6) is 2.20. The monoisotopic (exact) mass is 263 g/mol. The maximum absolute atomic E-state index is 9.14. The Kier molecular flexibility index (Phi) is 3.89. The van der Waals surface area contributed by atoms with E-state index in [-0.39, 0.29) is 0 Å². The van der Waals surface area contributed by atoms with E-state index in [0.29, 0.717) is 25.7 Å². The number of rotatable bonds is 4. The Balaban J connectivity index is 1.55. The van der Waals surface area contributed by atoms with Crippen molar-refractivity contribution in [2.24, 2.45) is 5.92 Å². The molecule has 0 amide bonds. The van der Waals surface area contributed by atoms with E-state index in [9.17, 15) is 0 Å². The topological polar surface area (TPSA) is 41.9 Å². The van der Waals surface area contributed by atoms with E-state index in [2.05, 4.69) is 17.0 Å². The zero-order valence-corrected chi connectivity index (χ0v) is 11.2. The van der Waals surface area contributed by atoms with E-state index in [0.717, 1.165) is 44.0 Å². The van der Waals surface area contributed by atoms with Gasteiger partial charge in [0.05, 0.1) is 0 Å². The molecule has 19 heavy (non-hydrogen) atoms. The highest BCUT2D eigenvalue weighted by atomic mass is 16.6. The van der Waals surface area contributed by atoms with Gasteiger partial charge in [0, 0.05) is 19.7 Å². The van der Waals surface area contributed by atoms with Crippen LogP contribution >= 0.6 is 0 Å². The summed E-state index contributed by atoms with van der Waals surface area (Å²) in [5, 5.41) is 9.14. The molecule has 0 bridgehead atoms. The van der Waals surface area contributed by atoms with Gasteiger partial charge in [-0.15, -0.1) is 0 Å². The first-order valence-corrected chi connectivity index (χ1v) is 7.07. The second kappa shape index (κ2) is 5.80. The molecule has 104 valence electrons. The first kappa shape index (κ1) is 12.8. The minimum atomic E-state index is 0.320. The Morgan fingerprint density at radius 3 is 2.84 bits per heavy atom. The number of nitrogens with zero attached hydrogens (tertiary/aromatic N) is 1. The van der Waals surface area contributed by atoms with Crippen LogP contribution in [-0.4, -0.2) is 49.5 Å². The van der Waals surface area contributed by atoms with Crippen LogP contribution in [0.4, 0.5) is 0 Å². The molecule has 0 saturated carbocycles. The zero-order valence-electron chi connectivity index (χ0n) is 11.2. The summed E-state index contributed by atoms with van der Waals surface area (Å²) in [7, 11) is 0. The average molecular weight is 263 g/mol. The first-order chi connectivity index (χ1) is 9.35. The van der Waals surface area contributed by atoms with Crippen LogP contribution in [0.25, 0.3) is 0 Å². The van der Waals surface area contributed by atoms with Crippen molar-refractivity contribution in [1.29, 1.82) is 0 Å². The van der Waals surface area contributed by atoms with E-state index < -0.39 is 0 Å². The molecule has 1 N–H and O–H groups in total. The molecule has 1 atom stereocenters. The van der Waals surface area contributed by atoms with Gasteiger partial charge in [0.25, 0.3) is 0 Å². The molecule has 1 fully saturated rings. The predicted molar refractivity (Wildman–Crippen MR) is 72.8 cm³/mol. The van der Waals surface area contributed by atoms with Gasteiger partial charge in [-0.25, -0.2) is 0 Å². The van der Waals surface area contributed by atoms with Crippen molar-refractivity contribution >= 4 is 0 Å². The van der Waals surface area contributed by atoms with E-state index in [1.54, 1.807) is 0 Å². The molecule has 2 heterocycles. The molecule has 3 rings (SSSR count). The van der Waals surface area contributed by atoms with E-state index in [4.69, 9.17) is 14.6 Å². The second-order valence-electron chi connectivity index (χ2n) is 5.37. The molecule has 0 radical (unpaired) electrons. The van der Waals surface area contributed by atoms with Crippen LogP contribution in [0.1, 0.15) is 12.0 Å². The standard InChI is InChI=1S/C15H21NO3/c17-11-13-4-6-16(10-13)5-3-12-1-2-14-15(9-12)19-8-7-18-14/h1-2,9,13,17H,3-8,10-11H2. The SMILES string of the molecule is OCC1CCN(CCc2ccc3c(c2)OCCO3)C1. The Labute approximate surface area is 113 Å². The maximum Gasteiger partial charge on any atom is 0.161 e. The summed E-state index contributed by atoms with van der Waals surface area (Å²) < 4.78 is 11.1. The van der Waals surface area contributed by atoms with E-state index in [1.807, 2.05) is 6.07 Å². The van der Waals surface area contributed by atoms with Gasteiger partial charge in [-0.1, -0.05) is 6.07 Å². The molecule has 0 spiro atoms.